The van der Waals surface area contributed by atoms with Gasteiger partial charge in [0.1, 0.15) is 16.9 Å². The molecule has 4 aromatic heterocycles. The molecule has 0 radical (unpaired) electrons. The number of ketones is 1. The van der Waals surface area contributed by atoms with E-state index < -0.39 is 0 Å². The molecule has 2 aliphatic rings. The average Bonchev–Trinajstić information content (AvgIpc) is 3.23. The van der Waals surface area contributed by atoms with Gasteiger partial charge in [0, 0.05) is 41.0 Å². The molecule has 6 nitrogen and oxygen atoms in total. The number of H-pyrrole nitrogens is 1. The van der Waals surface area contributed by atoms with Gasteiger partial charge in [0.05, 0.1) is 12.2 Å². The molecule has 2 fully saturated rings. The standard InChI is InChI=1S/C25H29N5OS/c1-12(2)19-20-15(5)23(21-17-9-29(7-14(4)31)10-18(17)21)32-25(20)28-22(19)16-6-13(3)24-26-11-27-30(24)8-16/h6,8,11-12,17-18,21,28H,7,9-10H2,1-5H3. The number of hydrogen-bond acceptors (Lipinski definition) is 5. The first-order chi connectivity index (χ1) is 15.3. The van der Waals surface area contributed by atoms with E-state index in [9.17, 15) is 4.79 Å². The lowest BCUT2D eigenvalue weighted by Gasteiger charge is -2.17. The van der Waals surface area contributed by atoms with Gasteiger partial charge < -0.3 is 4.98 Å². The number of aromatic nitrogens is 4. The van der Waals surface area contributed by atoms with E-state index in [1.165, 1.54) is 27.0 Å². The summed E-state index contributed by atoms with van der Waals surface area (Å²) in [6, 6.07) is 2.22. The largest absolute Gasteiger partial charge is 0.346 e. The molecule has 0 bridgehead atoms. The van der Waals surface area contributed by atoms with Crippen molar-refractivity contribution in [2.75, 3.05) is 19.6 Å². The van der Waals surface area contributed by atoms with Crippen LogP contribution in [0, 0.1) is 25.7 Å². The lowest BCUT2D eigenvalue weighted by molar-refractivity contribution is -0.118. The zero-order valence-electron chi connectivity index (χ0n) is 19.3. The Hall–Kier alpha value is -2.51. The van der Waals surface area contributed by atoms with Crippen LogP contribution in [-0.2, 0) is 4.79 Å². The minimum Gasteiger partial charge on any atom is -0.346 e. The number of carbonyl (C=O) groups is 1. The molecular weight excluding hydrogens is 418 g/mol. The molecule has 7 heteroatoms. The van der Waals surface area contributed by atoms with Crippen molar-refractivity contribution in [1.82, 2.24) is 24.5 Å². The van der Waals surface area contributed by atoms with Crippen LogP contribution >= 0.6 is 11.3 Å². The number of aromatic amines is 1. The van der Waals surface area contributed by atoms with Gasteiger partial charge in [-0.15, -0.1) is 11.3 Å². The number of fused-ring (bicyclic) bond motifs is 3. The number of likely N-dealkylation sites (tertiary alicyclic amines) is 1. The van der Waals surface area contributed by atoms with Crippen molar-refractivity contribution < 1.29 is 4.79 Å². The quantitative estimate of drug-likeness (QED) is 0.472. The summed E-state index contributed by atoms with van der Waals surface area (Å²) in [5.74, 6) is 2.79. The minimum absolute atomic E-state index is 0.275. The highest BCUT2D eigenvalue weighted by Gasteiger charge is 2.57. The number of nitrogens with one attached hydrogen (secondary N) is 1. The second-order valence-corrected chi connectivity index (χ2v) is 11.1. The van der Waals surface area contributed by atoms with E-state index in [0.29, 0.717) is 18.4 Å². The van der Waals surface area contributed by atoms with Crippen LogP contribution in [0.5, 0.6) is 0 Å². The fraction of sp³-hybridized carbons (Fsp3) is 0.480. The molecule has 0 aromatic carbocycles. The van der Waals surface area contributed by atoms with E-state index in [1.807, 2.05) is 15.9 Å². The van der Waals surface area contributed by atoms with Crippen molar-refractivity contribution in [2.24, 2.45) is 11.8 Å². The molecule has 4 aromatic rings. The molecule has 1 aliphatic carbocycles. The third kappa shape index (κ3) is 2.90. The molecular formula is C25H29N5OS. The first-order valence-corrected chi connectivity index (χ1v) is 12.3. The highest BCUT2D eigenvalue weighted by Crippen LogP contribution is 2.61. The maximum Gasteiger partial charge on any atom is 0.158 e. The summed E-state index contributed by atoms with van der Waals surface area (Å²) in [6.45, 7) is 13.4. The van der Waals surface area contributed by atoms with E-state index in [2.05, 4.69) is 59.9 Å². The topological polar surface area (TPSA) is 66.3 Å². The minimum atomic E-state index is 0.275. The monoisotopic (exact) mass is 447 g/mol. The highest BCUT2D eigenvalue weighted by molar-refractivity contribution is 7.19. The van der Waals surface area contributed by atoms with E-state index in [1.54, 1.807) is 18.1 Å². The Balaban J connectivity index is 1.39. The molecule has 0 amide bonds. The molecule has 2 unspecified atom stereocenters. The van der Waals surface area contributed by atoms with Crippen LogP contribution in [0.25, 0.3) is 27.1 Å². The molecule has 1 saturated carbocycles. The summed E-state index contributed by atoms with van der Waals surface area (Å²) in [4.78, 5) is 24.8. The lowest BCUT2D eigenvalue weighted by atomic mass is 9.95. The van der Waals surface area contributed by atoms with E-state index >= 15 is 0 Å². The van der Waals surface area contributed by atoms with Crippen LogP contribution in [0.1, 0.15) is 54.2 Å². The Kier molecular flexibility index (Phi) is 4.40. The summed E-state index contributed by atoms with van der Waals surface area (Å²) in [5, 5.41) is 5.78. The zero-order valence-corrected chi connectivity index (χ0v) is 20.1. The van der Waals surface area contributed by atoms with Crippen LogP contribution in [0.3, 0.4) is 0 Å². The molecule has 1 saturated heterocycles. The SMILES string of the molecule is CC(=O)CN1CC2C(C1)C2c1sc2[nH]c(-c3cc(C)c4ncnn4c3)c(C(C)C)c2c1C. The maximum atomic E-state index is 11.5. The van der Waals surface area contributed by atoms with Crippen LogP contribution in [0.2, 0.25) is 0 Å². The van der Waals surface area contributed by atoms with Crippen molar-refractivity contribution in [2.45, 2.75) is 46.5 Å². The lowest BCUT2D eigenvalue weighted by Crippen LogP contribution is -2.29. The van der Waals surface area contributed by atoms with E-state index in [0.717, 1.165) is 41.7 Å². The second kappa shape index (κ2) is 6.99. The molecule has 5 heterocycles. The number of Topliss-reactive ketones (excluding diaryl/α,β-unsaturated/α-hetero) is 1. The molecule has 32 heavy (non-hydrogen) atoms. The molecule has 0 spiro atoms. The number of carbonyl (C=O) groups excluding carboxylic acids is 1. The summed E-state index contributed by atoms with van der Waals surface area (Å²) in [6.07, 6.45) is 3.70. The summed E-state index contributed by atoms with van der Waals surface area (Å²) >= 11 is 1.95. The first kappa shape index (κ1) is 20.1. The predicted octanol–water partition coefficient (Wildman–Crippen LogP) is 4.91. The highest BCUT2D eigenvalue weighted by atomic mass is 32.1. The number of nitrogens with zero attached hydrogens (tertiary/aromatic N) is 4. The molecule has 6 rings (SSSR count). The van der Waals surface area contributed by atoms with Crippen molar-refractivity contribution in [3.05, 3.63) is 40.2 Å². The van der Waals surface area contributed by atoms with Crippen molar-refractivity contribution in [3.8, 4) is 11.3 Å². The number of pyridine rings is 1. The van der Waals surface area contributed by atoms with Gasteiger partial charge in [-0.1, -0.05) is 13.8 Å². The third-order valence-electron chi connectivity index (χ3n) is 7.40. The van der Waals surface area contributed by atoms with Crippen molar-refractivity contribution in [1.29, 1.82) is 0 Å². The molecule has 1 aliphatic heterocycles. The molecule has 2 atom stereocenters. The summed E-state index contributed by atoms with van der Waals surface area (Å²) in [7, 11) is 0. The van der Waals surface area contributed by atoms with Crippen molar-refractivity contribution >= 4 is 33.0 Å². The van der Waals surface area contributed by atoms with Gasteiger partial charge in [0.15, 0.2) is 5.65 Å². The van der Waals surface area contributed by atoms with Gasteiger partial charge in [-0.25, -0.2) is 9.50 Å². The Morgan fingerprint density at radius 2 is 2.03 bits per heavy atom. The van der Waals surface area contributed by atoms with Gasteiger partial charge in [-0.2, -0.15) is 5.10 Å². The zero-order chi connectivity index (χ0) is 22.3. The Morgan fingerprint density at radius 3 is 2.72 bits per heavy atom. The number of hydrogen-bond donors (Lipinski definition) is 1. The van der Waals surface area contributed by atoms with Gasteiger partial charge in [0.2, 0.25) is 0 Å². The Labute approximate surface area is 191 Å². The normalized spacial score (nSPS) is 23.0. The third-order valence-corrected chi connectivity index (χ3v) is 8.71. The number of piperidine rings is 1. The molecule has 166 valence electrons. The fourth-order valence-electron chi connectivity index (χ4n) is 6.05. The smallest absolute Gasteiger partial charge is 0.158 e. The Morgan fingerprint density at radius 1 is 1.28 bits per heavy atom. The van der Waals surface area contributed by atoms with E-state index in [-0.39, 0.29) is 5.78 Å². The van der Waals surface area contributed by atoms with Crippen LogP contribution < -0.4 is 0 Å². The van der Waals surface area contributed by atoms with Gasteiger partial charge in [-0.3, -0.25) is 9.69 Å². The average molecular weight is 448 g/mol. The summed E-state index contributed by atoms with van der Waals surface area (Å²) < 4.78 is 1.88. The van der Waals surface area contributed by atoms with Crippen molar-refractivity contribution in [3.63, 3.8) is 0 Å². The first-order valence-electron chi connectivity index (χ1n) is 11.5. The van der Waals surface area contributed by atoms with E-state index in [4.69, 9.17) is 0 Å². The summed E-state index contributed by atoms with van der Waals surface area (Å²) in [5.41, 5.74) is 7.27. The maximum absolute atomic E-state index is 11.5. The van der Waals surface area contributed by atoms with Crippen LogP contribution in [0.15, 0.2) is 18.6 Å². The number of thiophene rings is 1. The van der Waals surface area contributed by atoms with Gasteiger partial charge in [-0.05, 0) is 61.3 Å². The second-order valence-electron chi connectivity index (χ2n) is 10.1. The number of aryl methyl sites for hydroxylation is 2. The van der Waals surface area contributed by atoms with Crippen LogP contribution in [0.4, 0.5) is 0 Å². The fourth-order valence-corrected chi connectivity index (χ4v) is 7.53. The Bertz CT molecular complexity index is 1360. The van der Waals surface area contributed by atoms with Gasteiger partial charge in [0.25, 0.3) is 0 Å². The number of rotatable bonds is 5. The predicted molar refractivity (Wildman–Crippen MR) is 129 cm³/mol. The molecule has 1 N–H and O–H groups in total. The van der Waals surface area contributed by atoms with Gasteiger partial charge >= 0.3 is 0 Å². The van der Waals surface area contributed by atoms with Crippen LogP contribution in [-0.4, -0.2) is 49.9 Å².